The Morgan fingerprint density at radius 2 is 1.76 bits per heavy atom. The molecular formula is C29H44N4O5. The average Bonchev–Trinajstić information content (AvgIpc) is 2.93. The number of rotatable bonds is 10. The van der Waals surface area contributed by atoms with Crippen molar-refractivity contribution in [2.45, 2.75) is 88.3 Å². The van der Waals surface area contributed by atoms with Crippen LogP contribution in [-0.4, -0.2) is 89.6 Å². The molecule has 1 aromatic rings. The van der Waals surface area contributed by atoms with Gasteiger partial charge in [0.05, 0.1) is 5.60 Å². The Bertz CT molecular complexity index is 968. The van der Waals surface area contributed by atoms with E-state index in [1.165, 1.54) is 0 Å². The summed E-state index contributed by atoms with van der Waals surface area (Å²) in [6.45, 7) is 5.30. The zero-order valence-corrected chi connectivity index (χ0v) is 23.0. The van der Waals surface area contributed by atoms with Gasteiger partial charge in [0, 0.05) is 45.2 Å². The molecule has 38 heavy (non-hydrogen) atoms. The summed E-state index contributed by atoms with van der Waals surface area (Å²) in [5.74, 6) is 0.478. The molecule has 3 amide bonds. The van der Waals surface area contributed by atoms with Crippen LogP contribution in [0.3, 0.4) is 0 Å². The van der Waals surface area contributed by atoms with E-state index in [1.807, 2.05) is 4.90 Å². The topological polar surface area (TPSA) is 111 Å². The van der Waals surface area contributed by atoms with Crippen molar-refractivity contribution in [1.29, 1.82) is 0 Å². The molecule has 0 unspecified atom stereocenters. The number of hydrogen-bond acceptors (Lipinski definition) is 6. The number of piperidine rings is 1. The number of aliphatic hydroxyl groups is 1. The lowest BCUT2D eigenvalue weighted by molar-refractivity contribution is -0.163. The van der Waals surface area contributed by atoms with Crippen LogP contribution in [-0.2, 0) is 9.59 Å². The van der Waals surface area contributed by atoms with E-state index in [9.17, 15) is 19.5 Å². The molecule has 1 atom stereocenters. The first-order chi connectivity index (χ1) is 18.3. The summed E-state index contributed by atoms with van der Waals surface area (Å²) < 4.78 is 5.88. The molecule has 210 valence electrons. The molecule has 3 aliphatic rings. The lowest BCUT2D eigenvalue weighted by Crippen LogP contribution is -2.73. The van der Waals surface area contributed by atoms with Gasteiger partial charge in [-0.05, 0) is 56.4 Å². The standard InChI is InChI=1S/C29H44N4O5/c1-3-4-16-33-26(35)24(21-28(37)12-6-5-7-13-28)31-27(36)29(33)14-17-32(18-15-29)19-20-38-23-10-8-22(9-11-23)25(34)30-2/h8-11,24,37H,3-7,12-21H2,1-2H3,(H,30,34)(H,31,36)/t24-/m1/s1. The minimum absolute atomic E-state index is 0.0333. The van der Waals surface area contributed by atoms with E-state index < -0.39 is 17.2 Å². The second-order valence-electron chi connectivity index (χ2n) is 11.2. The van der Waals surface area contributed by atoms with Crippen LogP contribution in [0.15, 0.2) is 24.3 Å². The maximum Gasteiger partial charge on any atom is 0.251 e. The zero-order chi connectivity index (χ0) is 27.2. The number of carbonyl (C=O) groups excluding carboxylic acids is 3. The Morgan fingerprint density at radius 3 is 2.39 bits per heavy atom. The molecule has 4 rings (SSSR count). The Labute approximate surface area is 226 Å². The molecule has 1 spiro atoms. The molecule has 0 bridgehead atoms. The van der Waals surface area contributed by atoms with Crippen LogP contribution in [0, 0.1) is 0 Å². The molecule has 3 N–H and O–H groups in total. The zero-order valence-electron chi connectivity index (χ0n) is 23.0. The highest BCUT2D eigenvalue weighted by molar-refractivity contribution is 6.00. The predicted octanol–water partition coefficient (Wildman–Crippen LogP) is 2.47. The van der Waals surface area contributed by atoms with E-state index in [1.54, 1.807) is 31.3 Å². The van der Waals surface area contributed by atoms with Crippen LogP contribution in [0.5, 0.6) is 5.75 Å². The van der Waals surface area contributed by atoms with Gasteiger partial charge in [-0.2, -0.15) is 0 Å². The molecule has 0 aromatic heterocycles. The Morgan fingerprint density at radius 1 is 1.08 bits per heavy atom. The van der Waals surface area contributed by atoms with E-state index in [2.05, 4.69) is 22.5 Å². The fourth-order valence-corrected chi connectivity index (χ4v) is 6.23. The van der Waals surface area contributed by atoms with Crippen LogP contribution in [0.4, 0.5) is 0 Å². The minimum Gasteiger partial charge on any atom is -0.492 e. The number of unbranched alkanes of at least 4 members (excludes halogenated alkanes) is 1. The van der Waals surface area contributed by atoms with Crippen molar-refractivity contribution in [2.24, 2.45) is 0 Å². The molecule has 3 fully saturated rings. The van der Waals surface area contributed by atoms with Gasteiger partial charge in [0.2, 0.25) is 11.8 Å². The van der Waals surface area contributed by atoms with Gasteiger partial charge in [-0.3, -0.25) is 19.3 Å². The van der Waals surface area contributed by atoms with Crippen molar-refractivity contribution >= 4 is 17.7 Å². The summed E-state index contributed by atoms with van der Waals surface area (Å²) in [6.07, 6.45) is 7.74. The second-order valence-corrected chi connectivity index (χ2v) is 11.2. The maximum absolute atomic E-state index is 13.7. The monoisotopic (exact) mass is 528 g/mol. The number of nitrogens with one attached hydrogen (secondary N) is 2. The molecule has 9 nitrogen and oxygen atoms in total. The highest BCUT2D eigenvalue weighted by Crippen LogP contribution is 2.37. The highest BCUT2D eigenvalue weighted by Gasteiger charge is 2.54. The highest BCUT2D eigenvalue weighted by atomic mass is 16.5. The number of carbonyl (C=O) groups is 3. The Balaban J connectivity index is 1.33. The number of hydrogen-bond donors (Lipinski definition) is 3. The third kappa shape index (κ3) is 6.31. The van der Waals surface area contributed by atoms with Gasteiger partial charge in [0.25, 0.3) is 5.91 Å². The van der Waals surface area contributed by atoms with Crippen LogP contribution < -0.4 is 15.4 Å². The molecule has 0 radical (unpaired) electrons. The van der Waals surface area contributed by atoms with Crippen LogP contribution in [0.1, 0.15) is 81.5 Å². The molecule has 2 heterocycles. The van der Waals surface area contributed by atoms with Gasteiger partial charge < -0.3 is 25.4 Å². The first-order valence-electron chi connectivity index (χ1n) is 14.3. The molecule has 2 saturated heterocycles. The summed E-state index contributed by atoms with van der Waals surface area (Å²) in [4.78, 5) is 43.1. The third-order valence-electron chi connectivity index (χ3n) is 8.62. The number of amides is 3. The number of likely N-dealkylation sites (tertiary alicyclic amines) is 1. The second kappa shape index (κ2) is 12.5. The average molecular weight is 529 g/mol. The van der Waals surface area contributed by atoms with Crippen molar-refractivity contribution in [3.05, 3.63) is 29.8 Å². The summed E-state index contributed by atoms with van der Waals surface area (Å²) in [6, 6.07) is 6.42. The fourth-order valence-electron chi connectivity index (χ4n) is 6.23. The third-order valence-corrected chi connectivity index (χ3v) is 8.62. The lowest BCUT2D eigenvalue weighted by Gasteiger charge is -2.52. The van der Waals surface area contributed by atoms with E-state index in [-0.39, 0.29) is 17.7 Å². The minimum atomic E-state index is -0.862. The number of benzene rings is 1. The number of nitrogens with zero attached hydrogens (tertiary/aromatic N) is 2. The molecular weight excluding hydrogens is 484 g/mol. The van der Waals surface area contributed by atoms with E-state index >= 15 is 0 Å². The van der Waals surface area contributed by atoms with Crippen molar-refractivity contribution < 1.29 is 24.2 Å². The molecule has 1 aromatic carbocycles. The number of ether oxygens (including phenoxy) is 1. The van der Waals surface area contributed by atoms with Crippen molar-refractivity contribution in [1.82, 2.24) is 20.4 Å². The van der Waals surface area contributed by atoms with Crippen LogP contribution in [0.2, 0.25) is 0 Å². The van der Waals surface area contributed by atoms with Gasteiger partial charge in [-0.25, -0.2) is 0 Å². The van der Waals surface area contributed by atoms with E-state index in [0.717, 1.165) is 32.1 Å². The fraction of sp³-hybridized carbons (Fsp3) is 0.690. The Hall–Kier alpha value is -2.65. The first-order valence-corrected chi connectivity index (χ1v) is 14.3. The lowest BCUT2D eigenvalue weighted by atomic mass is 9.77. The quantitative estimate of drug-likeness (QED) is 0.430. The van der Waals surface area contributed by atoms with Crippen molar-refractivity contribution in [2.75, 3.05) is 39.8 Å². The first kappa shape index (κ1) is 28.4. The normalized spacial score (nSPS) is 23.2. The van der Waals surface area contributed by atoms with Crippen LogP contribution in [0.25, 0.3) is 0 Å². The van der Waals surface area contributed by atoms with Gasteiger partial charge in [-0.1, -0.05) is 32.6 Å². The number of piperazine rings is 1. The van der Waals surface area contributed by atoms with Crippen molar-refractivity contribution in [3.63, 3.8) is 0 Å². The van der Waals surface area contributed by atoms with Gasteiger partial charge in [0.1, 0.15) is 23.9 Å². The SMILES string of the molecule is CCCCN1C(=O)[C@@H](CC2(O)CCCCC2)NC(=O)C12CCN(CCOc1ccc(C(=O)NC)cc1)CC2. The largest absolute Gasteiger partial charge is 0.492 e. The molecule has 9 heteroatoms. The van der Waals surface area contributed by atoms with E-state index in [0.29, 0.717) is 76.2 Å². The molecule has 1 saturated carbocycles. The van der Waals surface area contributed by atoms with Gasteiger partial charge >= 0.3 is 0 Å². The summed E-state index contributed by atoms with van der Waals surface area (Å²) in [5.41, 5.74) is -1.09. The van der Waals surface area contributed by atoms with Crippen molar-refractivity contribution in [3.8, 4) is 5.75 Å². The summed E-state index contributed by atoms with van der Waals surface area (Å²) in [7, 11) is 1.60. The molecule has 2 aliphatic heterocycles. The maximum atomic E-state index is 13.7. The van der Waals surface area contributed by atoms with Crippen LogP contribution >= 0.6 is 0 Å². The van der Waals surface area contributed by atoms with Gasteiger partial charge in [0.15, 0.2) is 0 Å². The van der Waals surface area contributed by atoms with E-state index in [4.69, 9.17) is 4.74 Å². The Kier molecular flexibility index (Phi) is 9.31. The predicted molar refractivity (Wildman–Crippen MR) is 145 cm³/mol. The summed E-state index contributed by atoms with van der Waals surface area (Å²) in [5, 5.41) is 16.7. The van der Waals surface area contributed by atoms with Gasteiger partial charge in [-0.15, -0.1) is 0 Å². The smallest absolute Gasteiger partial charge is 0.251 e. The summed E-state index contributed by atoms with van der Waals surface area (Å²) >= 11 is 0. The molecule has 1 aliphatic carbocycles.